The van der Waals surface area contributed by atoms with Crippen molar-refractivity contribution in [1.29, 1.82) is 0 Å². The Balaban J connectivity index is 2.23. The smallest absolute Gasteiger partial charge is 0.435 e. The second kappa shape index (κ2) is 7.12. The number of nitrogens with zero attached hydrogens (tertiary/aromatic N) is 2. The molecule has 0 fully saturated rings. The van der Waals surface area contributed by atoms with E-state index in [1.165, 1.54) is 49.6 Å². The van der Waals surface area contributed by atoms with E-state index < -0.39 is 21.9 Å². The number of aromatic nitrogens is 2. The molecule has 0 aliphatic rings. The van der Waals surface area contributed by atoms with Gasteiger partial charge in [0.15, 0.2) is 5.69 Å². The number of hydrogen-bond acceptors (Lipinski definition) is 4. The second-order valence-corrected chi connectivity index (χ2v) is 7.71. The van der Waals surface area contributed by atoms with Gasteiger partial charge in [-0.2, -0.15) is 18.3 Å². The fraction of sp³-hybridized carbons (Fsp3) is 0.118. The second-order valence-electron chi connectivity index (χ2n) is 5.71. The van der Waals surface area contributed by atoms with Crippen LogP contribution in [0.15, 0.2) is 53.4 Å². The van der Waals surface area contributed by atoms with Crippen LogP contribution in [-0.2, 0) is 16.2 Å². The number of primary sulfonamides is 1. The van der Waals surface area contributed by atoms with Crippen LogP contribution in [0.3, 0.4) is 0 Å². The number of hydrogen-bond donors (Lipinski definition) is 1. The van der Waals surface area contributed by atoms with E-state index in [0.717, 1.165) is 10.7 Å². The van der Waals surface area contributed by atoms with Crippen molar-refractivity contribution in [1.82, 2.24) is 9.78 Å². The maximum absolute atomic E-state index is 13.3. The van der Waals surface area contributed by atoms with Crippen LogP contribution >= 0.6 is 11.6 Å². The van der Waals surface area contributed by atoms with Crippen molar-refractivity contribution in [3.63, 3.8) is 0 Å². The number of alkyl halides is 3. The Morgan fingerprint density at radius 2 is 1.75 bits per heavy atom. The lowest BCUT2D eigenvalue weighted by Gasteiger charge is -2.12. The molecule has 6 nitrogen and oxygen atoms in total. The summed E-state index contributed by atoms with van der Waals surface area (Å²) in [6, 6.07) is 10.3. The van der Waals surface area contributed by atoms with Gasteiger partial charge in [0, 0.05) is 10.6 Å². The molecule has 3 rings (SSSR count). The summed E-state index contributed by atoms with van der Waals surface area (Å²) in [5, 5.41) is 9.04. The molecule has 3 aromatic rings. The molecule has 0 bridgehead atoms. The normalized spacial score (nSPS) is 12.2. The Morgan fingerprint density at radius 1 is 1.11 bits per heavy atom. The predicted octanol–water partition coefficient (Wildman–Crippen LogP) is 3.87. The minimum absolute atomic E-state index is 0.0872. The zero-order valence-electron chi connectivity index (χ0n) is 14.2. The number of benzene rings is 2. The zero-order valence-corrected chi connectivity index (χ0v) is 15.8. The van der Waals surface area contributed by atoms with E-state index >= 15 is 0 Å². The Hall–Kier alpha value is -2.56. The third-order valence-corrected chi connectivity index (χ3v) is 5.01. The Kier molecular flexibility index (Phi) is 5.13. The van der Waals surface area contributed by atoms with Crippen LogP contribution in [0.5, 0.6) is 5.75 Å². The lowest BCUT2D eigenvalue weighted by atomic mass is 10.1. The van der Waals surface area contributed by atoms with Crippen LogP contribution in [0.4, 0.5) is 13.2 Å². The third kappa shape index (κ3) is 3.98. The van der Waals surface area contributed by atoms with Crippen LogP contribution in [0.25, 0.3) is 16.9 Å². The summed E-state index contributed by atoms with van der Waals surface area (Å²) in [6.45, 7) is 0. The van der Waals surface area contributed by atoms with Crippen molar-refractivity contribution < 1.29 is 26.3 Å². The van der Waals surface area contributed by atoms with E-state index in [9.17, 15) is 21.6 Å². The molecule has 0 aliphatic carbocycles. The molecule has 2 N–H and O–H groups in total. The maximum Gasteiger partial charge on any atom is 0.435 e. The first-order chi connectivity index (χ1) is 13.0. The van der Waals surface area contributed by atoms with Crippen LogP contribution in [0, 0.1) is 0 Å². The average Bonchev–Trinajstić information content (AvgIpc) is 3.06. The highest BCUT2D eigenvalue weighted by molar-refractivity contribution is 7.89. The summed E-state index contributed by atoms with van der Waals surface area (Å²) in [5.41, 5.74) is -0.500. The number of sulfonamides is 1. The first-order valence-electron chi connectivity index (χ1n) is 7.65. The van der Waals surface area contributed by atoms with Gasteiger partial charge in [-0.1, -0.05) is 11.6 Å². The SMILES string of the molecule is COc1cc(Cl)ccc1-c1cc(C(F)(F)F)nn1-c1ccc(S(N)(=O)=O)cc1. The van der Waals surface area contributed by atoms with Crippen molar-refractivity contribution >= 4 is 21.6 Å². The molecule has 11 heteroatoms. The minimum atomic E-state index is -4.68. The minimum Gasteiger partial charge on any atom is -0.496 e. The molecule has 0 unspecified atom stereocenters. The molecule has 0 atom stereocenters. The standard InChI is InChI=1S/C17H13ClF3N3O3S/c1-27-15-8-10(18)2-7-13(15)14-9-16(17(19,20)21)23-24(14)11-3-5-12(6-4-11)28(22,25)26/h2-9H,1H3,(H2,22,25,26). The van der Waals surface area contributed by atoms with Gasteiger partial charge in [-0.15, -0.1) is 0 Å². The number of rotatable bonds is 4. The van der Waals surface area contributed by atoms with Crippen molar-refractivity contribution in [2.75, 3.05) is 7.11 Å². The predicted molar refractivity (Wildman–Crippen MR) is 96.9 cm³/mol. The fourth-order valence-electron chi connectivity index (χ4n) is 2.56. The van der Waals surface area contributed by atoms with Crippen LogP contribution < -0.4 is 9.88 Å². The van der Waals surface area contributed by atoms with Gasteiger partial charge in [-0.05, 0) is 48.5 Å². The molecule has 0 amide bonds. The summed E-state index contributed by atoms with van der Waals surface area (Å²) in [6.07, 6.45) is -4.68. The molecule has 0 saturated heterocycles. The third-order valence-electron chi connectivity index (χ3n) is 3.85. The molecule has 28 heavy (non-hydrogen) atoms. The van der Waals surface area contributed by atoms with Gasteiger partial charge >= 0.3 is 6.18 Å². The molecular weight excluding hydrogens is 419 g/mol. The highest BCUT2D eigenvalue weighted by atomic mass is 35.5. The fourth-order valence-corrected chi connectivity index (χ4v) is 3.24. The number of halogens is 4. The zero-order chi connectivity index (χ0) is 20.7. The van der Waals surface area contributed by atoms with Gasteiger partial charge < -0.3 is 4.74 Å². The van der Waals surface area contributed by atoms with E-state index in [4.69, 9.17) is 21.5 Å². The van der Waals surface area contributed by atoms with Gasteiger partial charge in [-0.25, -0.2) is 18.2 Å². The first-order valence-corrected chi connectivity index (χ1v) is 9.57. The molecule has 1 aromatic heterocycles. The Morgan fingerprint density at radius 3 is 2.29 bits per heavy atom. The molecule has 1 heterocycles. The number of methoxy groups -OCH3 is 1. The Labute approximate surface area is 163 Å². The molecule has 2 aromatic carbocycles. The average molecular weight is 432 g/mol. The van der Waals surface area contributed by atoms with Crippen LogP contribution in [-0.4, -0.2) is 25.3 Å². The maximum atomic E-state index is 13.3. The quantitative estimate of drug-likeness (QED) is 0.679. The largest absolute Gasteiger partial charge is 0.496 e. The first kappa shape index (κ1) is 20.2. The van der Waals surface area contributed by atoms with E-state index in [-0.39, 0.29) is 22.0 Å². The van der Waals surface area contributed by atoms with Crippen molar-refractivity contribution in [2.45, 2.75) is 11.1 Å². The van der Waals surface area contributed by atoms with Crippen molar-refractivity contribution in [2.24, 2.45) is 5.14 Å². The monoisotopic (exact) mass is 431 g/mol. The molecular formula is C17H13ClF3N3O3S. The van der Waals surface area contributed by atoms with Gasteiger partial charge in [-0.3, -0.25) is 0 Å². The topological polar surface area (TPSA) is 87.2 Å². The van der Waals surface area contributed by atoms with Crippen molar-refractivity contribution in [3.05, 3.63) is 59.2 Å². The summed E-state index contributed by atoms with van der Waals surface area (Å²) < 4.78 is 68.8. The summed E-state index contributed by atoms with van der Waals surface area (Å²) in [7, 11) is -2.58. The van der Waals surface area contributed by atoms with E-state index in [0.29, 0.717) is 10.6 Å². The number of ether oxygens (including phenoxy) is 1. The molecule has 0 saturated carbocycles. The molecule has 148 valence electrons. The van der Waals surface area contributed by atoms with Gasteiger partial charge in [0.1, 0.15) is 5.75 Å². The molecule has 0 spiro atoms. The summed E-state index contributed by atoms with van der Waals surface area (Å²) >= 11 is 5.93. The highest BCUT2D eigenvalue weighted by Crippen LogP contribution is 2.37. The lowest BCUT2D eigenvalue weighted by Crippen LogP contribution is -2.12. The molecule has 0 aliphatic heterocycles. The number of nitrogens with two attached hydrogens (primary N) is 1. The van der Waals surface area contributed by atoms with Gasteiger partial charge in [0.25, 0.3) is 0 Å². The van der Waals surface area contributed by atoms with E-state index in [1.54, 1.807) is 0 Å². The summed E-state index contributed by atoms with van der Waals surface area (Å²) in [5.74, 6) is 0.253. The van der Waals surface area contributed by atoms with Gasteiger partial charge in [0.05, 0.1) is 23.4 Å². The van der Waals surface area contributed by atoms with E-state index in [1.807, 2.05) is 0 Å². The van der Waals surface area contributed by atoms with Crippen molar-refractivity contribution in [3.8, 4) is 22.7 Å². The lowest BCUT2D eigenvalue weighted by molar-refractivity contribution is -0.141. The van der Waals surface area contributed by atoms with Gasteiger partial charge in [0.2, 0.25) is 10.0 Å². The molecule has 0 radical (unpaired) electrons. The Bertz CT molecular complexity index is 1130. The highest BCUT2D eigenvalue weighted by Gasteiger charge is 2.35. The summed E-state index contributed by atoms with van der Waals surface area (Å²) in [4.78, 5) is -0.176. The van der Waals surface area contributed by atoms with Crippen LogP contribution in [0.1, 0.15) is 5.69 Å². The van der Waals surface area contributed by atoms with Crippen LogP contribution in [0.2, 0.25) is 5.02 Å². The van der Waals surface area contributed by atoms with E-state index in [2.05, 4.69) is 5.10 Å².